The minimum Gasteiger partial charge on any atom is -0.378 e. The normalized spacial score (nSPS) is 11.1. The number of hydrogen-bond acceptors (Lipinski definition) is 2. The molecular weight excluding hydrogens is 465 g/mol. The van der Waals surface area contributed by atoms with E-state index in [4.69, 9.17) is 23.2 Å². The third-order valence-corrected chi connectivity index (χ3v) is 6.60. The maximum atomic E-state index is 13.8. The third-order valence-electron chi connectivity index (χ3n) is 5.86. The molecule has 180 valence electrons. The van der Waals surface area contributed by atoms with Crippen molar-refractivity contribution >= 4 is 46.3 Å². The summed E-state index contributed by atoms with van der Waals surface area (Å²) < 4.78 is 0. The van der Waals surface area contributed by atoms with Gasteiger partial charge in [0.25, 0.3) is 0 Å². The number of benzene rings is 3. The summed E-state index contributed by atoms with van der Waals surface area (Å²) in [5.41, 5.74) is 5.89. The highest BCUT2D eigenvalue weighted by atomic mass is 35.5. The molecule has 0 atom stereocenters. The van der Waals surface area contributed by atoms with Gasteiger partial charge >= 0.3 is 6.03 Å². The average molecular weight is 498 g/mol. The van der Waals surface area contributed by atoms with E-state index < -0.39 is 0 Å². The Morgan fingerprint density at radius 1 is 0.824 bits per heavy atom. The van der Waals surface area contributed by atoms with Crippen molar-refractivity contribution in [2.45, 2.75) is 46.1 Å². The van der Waals surface area contributed by atoms with Crippen LogP contribution >= 0.6 is 23.2 Å². The van der Waals surface area contributed by atoms with Crippen molar-refractivity contribution in [1.29, 1.82) is 0 Å². The molecule has 4 nitrogen and oxygen atoms in total. The molecule has 0 bridgehead atoms. The number of para-hydroxylation sites is 1. The van der Waals surface area contributed by atoms with Gasteiger partial charge in [-0.25, -0.2) is 4.79 Å². The van der Waals surface area contributed by atoms with Crippen molar-refractivity contribution in [1.82, 2.24) is 0 Å². The first-order chi connectivity index (χ1) is 16.1. The SMILES string of the molecule is CC(C)c1cccc(C(C)C)c1NC(=O)N(Cc1ccc(N(C)C)cc1)c1ccc(Cl)c(Cl)c1. The molecule has 0 saturated carbocycles. The van der Waals surface area contributed by atoms with E-state index in [1.165, 1.54) is 0 Å². The van der Waals surface area contributed by atoms with Gasteiger partial charge < -0.3 is 10.2 Å². The number of anilines is 3. The maximum absolute atomic E-state index is 13.8. The molecule has 0 aliphatic heterocycles. The van der Waals surface area contributed by atoms with Gasteiger partial charge in [-0.1, -0.05) is 81.2 Å². The molecule has 0 heterocycles. The minimum atomic E-state index is -0.218. The molecule has 0 aromatic heterocycles. The van der Waals surface area contributed by atoms with E-state index in [9.17, 15) is 4.79 Å². The van der Waals surface area contributed by atoms with Gasteiger partial charge in [0, 0.05) is 31.2 Å². The fourth-order valence-electron chi connectivity index (χ4n) is 3.89. The largest absolute Gasteiger partial charge is 0.378 e. The highest BCUT2D eigenvalue weighted by molar-refractivity contribution is 6.42. The Bertz CT molecular complexity index is 1110. The fourth-order valence-corrected chi connectivity index (χ4v) is 4.18. The van der Waals surface area contributed by atoms with Crippen LogP contribution in [0.4, 0.5) is 21.9 Å². The molecule has 0 fully saturated rings. The molecule has 34 heavy (non-hydrogen) atoms. The summed E-state index contributed by atoms with van der Waals surface area (Å²) in [4.78, 5) is 17.5. The van der Waals surface area contributed by atoms with E-state index in [0.29, 0.717) is 22.3 Å². The predicted octanol–water partition coefficient (Wildman–Crippen LogP) is 8.54. The molecule has 0 unspecified atom stereocenters. The van der Waals surface area contributed by atoms with Gasteiger partial charge in [0.1, 0.15) is 0 Å². The zero-order chi connectivity index (χ0) is 25.0. The van der Waals surface area contributed by atoms with Crippen LogP contribution in [0.1, 0.15) is 56.2 Å². The van der Waals surface area contributed by atoms with E-state index in [-0.39, 0.29) is 17.9 Å². The van der Waals surface area contributed by atoms with Crippen LogP contribution in [0.5, 0.6) is 0 Å². The first-order valence-corrected chi connectivity index (χ1v) is 12.3. The van der Waals surface area contributed by atoms with Crippen LogP contribution in [0.15, 0.2) is 60.7 Å². The molecule has 0 aliphatic rings. The van der Waals surface area contributed by atoms with Crippen molar-refractivity contribution in [2.24, 2.45) is 0 Å². The monoisotopic (exact) mass is 497 g/mol. The van der Waals surface area contributed by atoms with Crippen LogP contribution in [0.2, 0.25) is 10.0 Å². The van der Waals surface area contributed by atoms with E-state index in [0.717, 1.165) is 28.1 Å². The van der Waals surface area contributed by atoms with Gasteiger partial charge in [0.15, 0.2) is 0 Å². The van der Waals surface area contributed by atoms with E-state index in [1.54, 1.807) is 17.0 Å². The highest BCUT2D eigenvalue weighted by Gasteiger charge is 2.22. The molecule has 6 heteroatoms. The lowest BCUT2D eigenvalue weighted by atomic mass is 9.93. The molecule has 3 rings (SSSR count). The lowest BCUT2D eigenvalue weighted by molar-refractivity contribution is 0.256. The number of hydrogen-bond donors (Lipinski definition) is 1. The van der Waals surface area contributed by atoms with Crippen LogP contribution in [-0.2, 0) is 6.54 Å². The Morgan fingerprint density at radius 2 is 1.38 bits per heavy atom. The summed E-state index contributed by atoms with van der Waals surface area (Å²) in [5, 5.41) is 4.09. The van der Waals surface area contributed by atoms with Crippen LogP contribution in [0.25, 0.3) is 0 Å². The summed E-state index contributed by atoms with van der Waals surface area (Å²) in [7, 11) is 4.01. The van der Waals surface area contributed by atoms with E-state index in [2.05, 4.69) is 51.2 Å². The Morgan fingerprint density at radius 3 is 1.88 bits per heavy atom. The van der Waals surface area contributed by atoms with Gasteiger partial charge in [-0.15, -0.1) is 0 Å². The number of carbonyl (C=O) groups is 1. The topological polar surface area (TPSA) is 35.6 Å². The van der Waals surface area contributed by atoms with Gasteiger partial charge in [-0.05, 0) is 58.9 Å². The third kappa shape index (κ3) is 6.05. The van der Waals surface area contributed by atoms with Crippen molar-refractivity contribution in [3.63, 3.8) is 0 Å². The van der Waals surface area contributed by atoms with Crippen molar-refractivity contribution in [3.05, 3.63) is 87.4 Å². The van der Waals surface area contributed by atoms with Gasteiger partial charge in [-0.2, -0.15) is 0 Å². The van der Waals surface area contributed by atoms with Crippen LogP contribution in [0.3, 0.4) is 0 Å². The molecule has 3 aromatic rings. The Hall–Kier alpha value is -2.69. The summed E-state index contributed by atoms with van der Waals surface area (Å²) in [6.07, 6.45) is 0. The summed E-state index contributed by atoms with van der Waals surface area (Å²) in [6.45, 7) is 8.94. The number of halogens is 2. The highest BCUT2D eigenvalue weighted by Crippen LogP contribution is 2.34. The number of rotatable bonds is 7. The molecule has 2 amide bonds. The lowest BCUT2D eigenvalue weighted by Gasteiger charge is -2.27. The van der Waals surface area contributed by atoms with Gasteiger partial charge in [-0.3, -0.25) is 4.90 Å². The number of nitrogens with zero attached hydrogens (tertiary/aromatic N) is 2. The maximum Gasteiger partial charge on any atom is 0.326 e. The molecule has 3 aromatic carbocycles. The zero-order valence-corrected chi connectivity index (χ0v) is 22.2. The Kier molecular flexibility index (Phi) is 8.51. The predicted molar refractivity (Wildman–Crippen MR) is 147 cm³/mol. The zero-order valence-electron chi connectivity index (χ0n) is 20.7. The molecule has 0 saturated heterocycles. The average Bonchev–Trinajstić information content (AvgIpc) is 2.79. The van der Waals surface area contributed by atoms with E-state index >= 15 is 0 Å². The molecule has 1 N–H and O–H groups in total. The number of nitrogens with one attached hydrogen (secondary N) is 1. The van der Waals surface area contributed by atoms with Gasteiger partial charge in [0.05, 0.1) is 16.6 Å². The van der Waals surface area contributed by atoms with Crippen LogP contribution < -0.4 is 15.1 Å². The molecular formula is C28H33Cl2N3O. The number of carbonyl (C=O) groups excluding carboxylic acids is 1. The standard InChI is InChI=1S/C28H33Cl2N3O/c1-18(2)23-8-7-9-24(19(3)4)27(23)31-28(34)33(22-14-15-25(29)26(30)16-22)17-20-10-12-21(13-11-20)32(5)6/h7-16,18-19H,17H2,1-6H3,(H,31,34). The summed E-state index contributed by atoms with van der Waals surface area (Å²) >= 11 is 12.5. The van der Waals surface area contributed by atoms with Crippen molar-refractivity contribution in [3.8, 4) is 0 Å². The van der Waals surface area contributed by atoms with E-state index in [1.807, 2.05) is 49.3 Å². The molecule has 0 spiro atoms. The quantitative estimate of drug-likeness (QED) is 0.354. The van der Waals surface area contributed by atoms with Crippen LogP contribution in [0, 0.1) is 0 Å². The number of amides is 2. The number of urea groups is 1. The fraction of sp³-hybridized carbons (Fsp3) is 0.321. The Balaban J connectivity index is 2.01. The second kappa shape index (κ2) is 11.2. The first kappa shape index (κ1) is 25.9. The van der Waals surface area contributed by atoms with Gasteiger partial charge in [0.2, 0.25) is 0 Å². The first-order valence-electron chi connectivity index (χ1n) is 11.5. The summed E-state index contributed by atoms with van der Waals surface area (Å²) in [6, 6.07) is 19.4. The second-order valence-electron chi connectivity index (χ2n) is 9.30. The minimum absolute atomic E-state index is 0.218. The lowest BCUT2D eigenvalue weighted by Crippen LogP contribution is -2.35. The molecule has 0 aliphatic carbocycles. The molecule has 0 radical (unpaired) electrons. The van der Waals surface area contributed by atoms with Crippen molar-refractivity contribution < 1.29 is 4.79 Å². The van der Waals surface area contributed by atoms with Crippen molar-refractivity contribution in [2.75, 3.05) is 29.2 Å². The smallest absolute Gasteiger partial charge is 0.326 e. The van der Waals surface area contributed by atoms with Crippen LogP contribution in [-0.4, -0.2) is 20.1 Å². The summed E-state index contributed by atoms with van der Waals surface area (Å²) in [5.74, 6) is 0.539. The second-order valence-corrected chi connectivity index (χ2v) is 10.1. The Labute approximate surface area is 213 Å².